The van der Waals surface area contributed by atoms with Crippen molar-refractivity contribution in [1.29, 1.82) is 0 Å². The standard InChI is InChI=1S/C20H24N6O/c1-2-16-13-19(22-14-21-16)24-9-11-25(12-10-24)20(27)7-8-26-15-23-17-5-3-4-6-18(17)26/h3-6,13-15H,2,7-12H2,1H3. The maximum atomic E-state index is 12.6. The second kappa shape index (κ2) is 7.73. The van der Waals surface area contributed by atoms with E-state index in [-0.39, 0.29) is 5.91 Å². The smallest absolute Gasteiger partial charge is 0.224 e. The van der Waals surface area contributed by atoms with Crippen LogP contribution in [-0.2, 0) is 17.8 Å². The molecule has 1 fully saturated rings. The summed E-state index contributed by atoms with van der Waals surface area (Å²) in [6, 6.07) is 10.0. The molecule has 0 radical (unpaired) electrons. The van der Waals surface area contributed by atoms with Gasteiger partial charge in [0.25, 0.3) is 0 Å². The maximum Gasteiger partial charge on any atom is 0.224 e. The molecule has 7 nitrogen and oxygen atoms in total. The van der Waals surface area contributed by atoms with E-state index in [2.05, 4.69) is 31.3 Å². The van der Waals surface area contributed by atoms with Crippen LogP contribution in [0.3, 0.4) is 0 Å². The molecule has 7 heteroatoms. The molecule has 1 amide bonds. The zero-order valence-corrected chi connectivity index (χ0v) is 15.6. The van der Waals surface area contributed by atoms with Crippen LogP contribution in [0.4, 0.5) is 5.82 Å². The van der Waals surface area contributed by atoms with Crippen molar-refractivity contribution in [3.63, 3.8) is 0 Å². The summed E-state index contributed by atoms with van der Waals surface area (Å²) in [5, 5.41) is 0. The van der Waals surface area contributed by atoms with E-state index >= 15 is 0 Å². The Kier molecular flexibility index (Phi) is 5.00. The molecule has 1 saturated heterocycles. The summed E-state index contributed by atoms with van der Waals surface area (Å²) in [6.45, 7) is 5.82. The number of aromatic nitrogens is 4. The highest BCUT2D eigenvalue weighted by Gasteiger charge is 2.22. The summed E-state index contributed by atoms with van der Waals surface area (Å²) in [6.07, 6.45) is 4.84. The molecular formula is C20H24N6O. The van der Waals surface area contributed by atoms with Crippen LogP contribution < -0.4 is 4.90 Å². The second-order valence-electron chi connectivity index (χ2n) is 6.77. The van der Waals surface area contributed by atoms with Gasteiger partial charge in [-0.3, -0.25) is 4.79 Å². The Morgan fingerprint density at radius 1 is 1.07 bits per heavy atom. The number of para-hydroxylation sites is 2. The van der Waals surface area contributed by atoms with Crippen molar-refractivity contribution in [2.45, 2.75) is 26.3 Å². The molecule has 0 N–H and O–H groups in total. The molecule has 0 atom stereocenters. The van der Waals surface area contributed by atoms with Gasteiger partial charge >= 0.3 is 0 Å². The topological polar surface area (TPSA) is 67.2 Å². The molecule has 2 aromatic heterocycles. The molecule has 1 aromatic carbocycles. The number of piperazine rings is 1. The Bertz CT molecular complexity index is 929. The summed E-state index contributed by atoms with van der Waals surface area (Å²) in [7, 11) is 0. The predicted molar refractivity (Wildman–Crippen MR) is 105 cm³/mol. The Morgan fingerprint density at radius 2 is 1.89 bits per heavy atom. The molecule has 0 spiro atoms. The first-order chi connectivity index (χ1) is 13.2. The van der Waals surface area contributed by atoms with Crippen molar-refractivity contribution in [3.05, 3.63) is 48.7 Å². The van der Waals surface area contributed by atoms with Crippen LogP contribution in [0, 0.1) is 0 Å². The van der Waals surface area contributed by atoms with E-state index in [0.717, 1.165) is 55.1 Å². The fourth-order valence-electron chi connectivity index (χ4n) is 3.50. The van der Waals surface area contributed by atoms with Crippen LogP contribution in [0.5, 0.6) is 0 Å². The van der Waals surface area contributed by atoms with Crippen molar-refractivity contribution in [2.24, 2.45) is 0 Å². The van der Waals surface area contributed by atoms with E-state index < -0.39 is 0 Å². The lowest BCUT2D eigenvalue weighted by atomic mass is 10.2. The minimum Gasteiger partial charge on any atom is -0.353 e. The fraction of sp³-hybridized carbons (Fsp3) is 0.400. The van der Waals surface area contributed by atoms with Gasteiger partial charge in [0.15, 0.2) is 0 Å². The Hall–Kier alpha value is -2.96. The van der Waals surface area contributed by atoms with E-state index in [1.807, 2.05) is 41.6 Å². The summed E-state index contributed by atoms with van der Waals surface area (Å²) >= 11 is 0. The molecule has 0 unspecified atom stereocenters. The molecule has 0 saturated carbocycles. The molecule has 27 heavy (non-hydrogen) atoms. The molecule has 3 heterocycles. The summed E-state index contributed by atoms with van der Waals surface area (Å²) in [4.78, 5) is 29.8. The lowest BCUT2D eigenvalue weighted by Gasteiger charge is -2.35. The third-order valence-corrected chi connectivity index (χ3v) is 5.12. The lowest BCUT2D eigenvalue weighted by molar-refractivity contribution is -0.131. The zero-order chi connectivity index (χ0) is 18.6. The monoisotopic (exact) mass is 364 g/mol. The average Bonchev–Trinajstić information content (AvgIpc) is 3.15. The Labute approximate surface area is 158 Å². The summed E-state index contributed by atoms with van der Waals surface area (Å²) < 4.78 is 2.05. The Morgan fingerprint density at radius 3 is 2.70 bits per heavy atom. The van der Waals surface area contributed by atoms with E-state index in [1.165, 1.54) is 0 Å². The molecule has 1 aliphatic heterocycles. The van der Waals surface area contributed by atoms with Gasteiger partial charge in [-0.1, -0.05) is 19.1 Å². The Balaban J connectivity index is 1.32. The summed E-state index contributed by atoms with van der Waals surface area (Å²) in [5.41, 5.74) is 3.09. The highest BCUT2D eigenvalue weighted by molar-refractivity contribution is 5.78. The number of nitrogens with zero attached hydrogens (tertiary/aromatic N) is 6. The van der Waals surface area contributed by atoms with Gasteiger partial charge in [-0.15, -0.1) is 0 Å². The average molecular weight is 364 g/mol. The molecule has 140 valence electrons. The van der Waals surface area contributed by atoms with Gasteiger partial charge in [-0.2, -0.15) is 0 Å². The van der Waals surface area contributed by atoms with Gasteiger partial charge in [0, 0.05) is 50.9 Å². The minimum atomic E-state index is 0.198. The number of aryl methyl sites for hydroxylation is 2. The van der Waals surface area contributed by atoms with Gasteiger partial charge in [0.1, 0.15) is 12.1 Å². The number of fused-ring (bicyclic) bond motifs is 1. The van der Waals surface area contributed by atoms with E-state index in [1.54, 1.807) is 6.33 Å². The number of carbonyl (C=O) groups is 1. The molecule has 0 bridgehead atoms. The quantitative estimate of drug-likeness (QED) is 0.694. The van der Waals surface area contributed by atoms with Crippen molar-refractivity contribution in [1.82, 2.24) is 24.4 Å². The van der Waals surface area contributed by atoms with Crippen molar-refractivity contribution in [2.75, 3.05) is 31.1 Å². The van der Waals surface area contributed by atoms with Gasteiger partial charge in [-0.25, -0.2) is 15.0 Å². The van der Waals surface area contributed by atoms with E-state index in [4.69, 9.17) is 0 Å². The number of benzene rings is 1. The first-order valence-corrected chi connectivity index (χ1v) is 9.48. The SMILES string of the molecule is CCc1cc(N2CCN(C(=O)CCn3cnc4ccccc43)CC2)ncn1. The molecular weight excluding hydrogens is 340 g/mol. The van der Waals surface area contributed by atoms with E-state index in [0.29, 0.717) is 13.0 Å². The van der Waals surface area contributed by atoms with Gasteiger partial charge in [0.2, 0.25) is 5.91 Å². The first kappa shape index (κ1) is 17.5. The summed E-state index contributed by atoms with van der Waals surface area (Å²) in [5.74, 6) is 1.16. The highest BCUT2D eigenvalue weighted by atomic mass is 16.2. The zero-order valence-electron chi connectivity index (χ0n) is 15.6. The van der Waals surface area contributed by atoms with Gasteiger partial charge in [0.05, 0.1) is 17.4 Å². The van der Waals surface area contributed by atoms with Crippen LogP contribution in [0.25, 0.3) is 11.0 Å². The van der Waals surface area contributed by atoms with Gasteiger partial charge < -0.3 is 14.4 Å². The van der Waals surface area contributed by atoms with Gasteiger partial charge in [-0.05, 0) is 18.6 Å². The normalized spacial score (nSPS) is 14.7. The van der Waals surface area contributed by atoms with Crippen LogP contribution in [0.1, 0.15) is 19.0 Å². The van der Waals surface area contributed by atoms with Crippen LogP contribution >= 0.6 is 0 Å². The number of hydrogen-bond donors (Lipinski definition) is 0. The van der Waals surface area contributed by atoms with Crippen molar-refractivity contribution in [3.8, 4) is 0 Å². The first-order valence-electron chi connectivity index (χ1n) is 9.48. The molecule has 0 aliphatic carbocycles. The minimum absolute atomic E-state index is 0.198. The molecule has 3 aromatic rings. The third-order valence-electron chi connectivity index (χ3n) is 5.12. The third kappa shape index (κ3) is 3.77. The van der Waals surface area contributed by atoms with E-state index in [9.17, 15) is 4.79 Å². The lowest BCUT2D eigenvalue weighted by Crippen LogP contribution is -2.49. The number of hydrogen-bond acceptors (Lipinski definition) is 5. The second-order valence-corrected chi connectivity index (χ2v) is 6.77. The highest BCUT2D eigenvalue weighted by Crippen LogP contribution is 2.16. The van der Waals surface area contributed by atoms with Crippen LogP contribution in [0.15, 0.2) is 43.0 Å². The predicted octanol–water partition coefficient (Wildman–Crippen LogP) is 2.13. The maximum absolute atomic E-state index is 12.6. The number of amides is 1. The fourth-order valence-corrected chi connectivity index (χ4v) is 3.50. The van der Waals surface area contributed by atoms with Crippen molar-refractivity contribution >= 4 is 22.8 Å². The van der Waals surface area contributed by atoms with Crippen LogP contribution in [0.2, 0.25) is 0 Å². The number of imidazole rings is 1. The van der Waals surface area contributed by atoms with Crippen molar-refractivity contribution < 1.29 is 4.79 Å². The number of anilines is 1. The largest absolute Gasteiger partial charge is 0.353 e. The molecule has 4 rings (SSSR count). The molecule has 1 aliphatic rings. The number of carbonyl (C=O) groups excluding carboxylic acids is 1. The number of rotatable bonds is 5. The van der Waals surface area contributed by atoms with Crippen LogP contribution in [-0.4, -0.2) is 56.5 Å².